The minimum absolute atomic E-state index is 0.152. The molecule has 0 aliphatic carbocycles. The highest BCUT2D eigenvalue weighted by Crippen LogP contribution is 2.35. The molecule has 0 aromatic carbocycles. The van der Waals surface area contributed by atoms with E-state index in [0.29, 0.717) is 12.8 Å². The minimum atomic E-state index is -4.78. The Balaban J connectivity index is 4.10. The molecule has 0 rings (SSSR count). The first kappa shape index (κ1) is 47.7. The van der Waals surface area contributed by atoms with Crippen LogP contribution in [-0.4, -0.2) is 41.0 Å². The Kier molecular flexibility index (Phi) is 34.1. The molecule has 8 nitrogen and oxygen atoms in total. The molecule has 0 aliphatic rings. The van der Waals surface area contributed by atoms with Crippen LogP contribution in [0.2, 0.25) is 0 Å². The maximum absolute atomic E-state index is 12.3. The fourth-order valence-corrected chi connectivity index (χ4v) is 4.77. The number of allylic oxidation sites excluding steroid dienone is 18. The van der Waals surface area contributed by atoms with E-state index in [0.717, 1.165) is 83.5 Å². The fourth-order valence-electron chi connectivity index (χ4n) is 4.41. The SMILES string of the molecule is CC/C=C/C=C/C=C/C=C/CCCCCC(=O)OC(COC(=O)CCCCCC/C=C/C/C=C/C/C=C/C/C=C/C/C=C/CC)COP(=O)(O)O. The van der Waals surface area contributed by atoms with Crippen LogP contribution in [0.4, 0.5) is 0 Å². The maximum atomic E-state index is 12.3. The van der Waals surface area contributed by atoms with Crippen LogP contribution in [0.3, 0.4) is 0 Å². The number of carbonyl (C=O) groups is 2. The van der Waals surface area contributed by atoms with Gasteiger partial charge in [-0.2, -0.15) is 0 Å². The third-order valence-electron chi connectivity index (χ3n) is 7.13. The van der Waals surface area contributed by atoms with E-state index in [4.69, 9.17) is 19.3 Å². The summed E-state index contributed by atoms with van der Waals surface area (Å²) in [7, 11) is -4.78. The maximum Gasteiger partial charge on any atom is 0.469 e. The zero-order valence-electron chi connectivity index (χ0n) is 31.2. The summed E-state index contributed by atoms with van der Waals surface area (Å²) >= 11 is 0. The summed E-state index contributed by atoms with van der Waals surface area (Å²) in [6.45, 7) is 3.34. The standard InChI is InChI=1S/C42H65O8P/c1-3-5-7-9-11-13-15-17-18-19-20-21-22-23-25-26-28-30-32-34-36-41(43)48-38-40(39-49-51(45,46)47)50-42(44)37-35-33-31-29-27-24-16-14-12-10-8-6-4-2/h5-8,10-14,16-18,20-21,23-25,27,40H,3-4,9,15,19,22,26,28-39H2,1-2H3,(H2,45,46,47)/b7-5+,8-6+,12-10+,13-11+,16-14+,18-17+,21-20+,25-23+,27-24+. The van der Waals surface area contributed by atoms with Crippen molar-refractivity contribution in [2.45, 2.75) is 129 Å². The number of unbranched alkanes of at least 4 members (excludes halogenated alkanes) is 7. The van der Waals surface area contributed by atoms with Crippen molar-refractivity contribution in [1.29, 1.82) is 0 Å². The van der Waals surface area contributed by atoms with Crippen molar-refractivity contribution < 1.29 is 37.9 Å². The number of esters is 2. The molecule has 0 saturated carbocycles. The molecule has 51 heavy (non-hydrogen) atoms. The van der Waals surface area contributed by atoms with E-state index in [2.05, 4.69) is 91.3 Å². The van der Waals surface area contributed by atoms with Crippen LogP contribution >= 0.6 is 7.82 Å². The van der Waals surface area contributed by atoms with Crippen LogP contribution < -0.4 is 0 Å². The fraction of sp³-hybridized carbons (Fsp3) is 0.524. The lowest BCUT2D eigenvalue weighted by atomic mass is 10.1. The number of ether oxygens (including phenoxy) is 2. The highest BCUT2D eigenvalue weighted by molar-refractivity contribution is 7.46. The summed E-state index contributed by atoms with van der Waals surface area (Å²) in [4.78, 5) is 42.7. The highest BCUT2D eigenvalue weighted by Gasteiger charge is 2.22. The van der Waals surface area contributed by atoms with E-state index in [9.17, 15) is 14.2 Å². The quantitative estimate of drug-likeness (QED) is 0.0231. The zero-order chi connectivity index (χ0) is 37.5. The molecule has 0 radical (unpaired) electrons. The Morgan fingerprint density at radius 1 is 0.529 bits per heavy atom. The number of hydrogen-bond donors (Lipinski definition) is 2. The van der Waals surface area contributed by atoms with Gasteiger partial charge in [-0.3, -0.25) is 14.1 Å². The van der Waals surface area contributed by atoms with Crippen LogP contribution in [-0.2, 0) is 28.2 Å². The minimum Gasteiger partial charge on any atom is -0.462 e. The van der Waals surface area contributed by atoms with Gasteiger partial charge in [0.1, 0.15) is 6.61 Å². The van der Waals surface area contributed by atoms with Crippen LogP contribution in [0.1, 0.15) is 123 Å². The first-order chi connectivity index (χ1) is 24.8. The van der Waals surface area contributed by atoms with Crippen LogP contribution in [0.25, 0.3) is 0 Å². The average molecular weight is 729 g/mol. The topological polar surface area (TPSA) is 119 Å². The molecule has 0 aliphatic heterocycles. The molecule has 0 amide bonds. The lowest BCUT2D eigenvalue weighted by Gasteiger charge is -2.18. The molecular weight excluding hydrogens is 663 g/mol. The summed E-state index contributed by atoms with van der Waals surface area (Å²) in [5.41, 5.74) is 0. The first-order valence-corrected chi connectivity index (χ1v) is 20.3. The normalized spacial score (nSPS) is 13.7. The Hall–Kier alpha value is -3.29. The molecule has 1 unspecified atom stereocenters. The van der Waals surface area contributed by atoms with Gasteiger partial charge in [0.15, 0.2) is 6.10 Å². The number of rotatable bonds is 32. The van der Waals surface area contributed by atoms with Gasteiger partial charge in [-0.1, -0.05) is 142 Å². The van der Waals surface area contributed by atoms with E-state index >= 15 is 0 Å². The molecule has 0 bridgehead atoms. The van der Waals surface area contributed by atoms with E-state index in [-0.39, 0.29) is 19.4 Å². The van der Waals surface area contributed by atoms with Gasteiger partial charge >= 0.3 is 19.8 Å². The van der Waals surface area contributed by atoms with Crippen molar-refractivity contribution in [1.82, 2.24) is 0 Å². The summed E-state index contributed by atoms with van der Waals surface area (Å²) in [5.74, 6) is -0.974. The van der Waals surface area contributed by atoms with Crippen molar-refractivity contribution >= 4 is 19.8 Å². The lowest BCUT2D eigenvalue weighted by molar-refractivity contribution is -0.161. The van der Waals surface area contributed by atoms with E-state index in [1.54, 1.807) is 0 Å². The van der Waals surface area contributed by atoms with E-state index < -0.39 is 32.5 Å². The Morgan fingerprint density at radius 2 is 0.980 bits per heavy atom. The Bertz CT molecular complexity index is 1180. The third kappa shape index (κ3) is 39.4. The largest absolute Gasteiger partial charge is 0.469 e. The number of hydrogen-bond acceptors (Lipinski definition) is 6. The third-order valence-corrected chi connectivity index (χ3v) is 7.62. The smallest absolute Gasteiger partial charge is 0.462 e. The van der Waals surface area contributed by atoms with Gasteiger partial charge < -0.3 is 19.3 Å². The van der Waals surface area contributed by atoms with Gasteiger partial charge in [-0.25, -0.2) is 4.57 Å². The molecule has 0 aromatic heterocycles. The average Bonchev–Trinajstić information content (AvgIpc) is 3.10. The van der Waals surface area contributed by atoms with E-state index in [1.807, 2.05) is 36.5 Å². The van der Waals surface area contributed by atoms with Crippen molar-refractivity contribution in [2.75, 3.05) is 13.2 Å². The van der Waals surface area contributed by atoms with Gasteiger partial charge in [0, 0.05) is 12.8 Å². The van der Waals surface area contributed by atoms with Crippen molar-refractivity contribution in [3.63, 3.8) is 0 Å². The Morgan fingerprint density at radius 3 is 1.55 bits per heavy atom. The second-order valence-corrected chi connectivity index (χ2v) is 13.1. The molecule has 0 heterocycles. The monoisotopic (exact) mass is 728 g/mol. The number of phosphoric ester groups is 1. The summed E-state index contributed by atoms with van der Waals surface area (Å²) in [6, 6.07) is 0. The van der Waals surface area contributed by atoms with Crippen LogP contribution in [0.5, 0.6) is 0 Å². The van der Waals surface area contributed by atoms with Gasteiger partial charge in [0.2, 0.25) is 0 Å². The number of carbonyl (C=O) groups excluding carboxylic acids is 2. The summed E-state index contributed by atoms with van der Waals surface area (Å²) in [6.07, 6.45) is 51.0. The van der Waals surface area contributed by atoms with Gasteiger partial charge in [-0.15, -0.1) is 0 Å². The molecular formula is C42H65O8P. The first-order valence-electron chi connectivity index (χ1n) is 18.7. The molecule has 0 aromatic rings. The number of phosphoric acid groups is 1. The zero-order valence-corrected chi connectivity index (χ0v) is 32.1. The molecule has 0 fully saturated rings. The molecule has 1 atom stereocenters. The van der Waals surface area contributed by atoms with Crippen LogP contribution in [0, 0.1) is 0 Å². The van der Waals surface area contributed by atoms with E-state index in [1.165, 1.54) is 0 Å². The van der Waals surface area contributed by atoms with Gasteiger partial charge in [-0.05, 0) is 77.0 Å². The Labute approximate surface area is 308 Å². The predicted octanol–water partition coefficient (Wildman–Crippen LogP) is 11.2. The highest BCUT2D eigenvalue weighted by atomic mass is 31.2. The predicted molar refractivity (Wildman–Crippen MR) is 211 cm³/mol. The molecule has 0 saturated heterocycles. The van der Waals surface area contributed by atoms with Gasteiger partial charge in [0.25, 0.3) is 0 Å². The molecule has 9 heteroatoms. The van der Waals surface area contributed by atoms with Crippen molar-refractivity contribution in [3.8, 4) is 0 Å². The lowest BCUT2D eigenvalue weighted by Crippen LogP contribution is -2.29. The van der Waals surface area contributed by atoms with Gasteiger partial charge in [0.05, 0.1) is 6.61 Å². The van der Waals surface area contributed by atoms with Crippen LogP contribution in [0.15, 0.2) is 109 Å². The second-order valence-electron chi connectivity index (χ2n) is 11.9. The van der Waals surface area contributed by atoms with Crippen molar-refractivity contribution in [3.05, 3.63) is 109 Å². The second kappa shape index (κ2) is 36.5. The molecule has 0 spiro atoms. The molecule has 286 valence electrons. The summed E-state index contributed by atoms with van der Waals surface area (Å²) < 4.78 is 26.2. The van der Waals surface area contributed by atoms with Crippen molar-refractivity contribution in [2.24, 2.45) is 0 Å². The summed E-state index contributed by atoms with van der Waals surface area (Å²) in [5, 5.41) is 0. The molecule has 2 N–H and O–H groups in total.